The van der Waals surface area contributed by atoms with Crippen molar-refractivity contribution in [1.82, 2.24) is 9.80 Å². The zero-order chi connectivity index (χ0) is 25.5. The van der Waals surface area contributed by atoms with Crippen LogP contribution < -0.4 is 10.1 Å². The predicted octanol–water partition coefficient (Wildman–Crippen LogP) is 4.03. The van der Waals surface area contributed by atoms with Gasteiger partial charge in [0.1, 0.15) is 11.5 Å². The number of hydrogen-bond acceptors (Lipinski definition) is 6. The van der Waals surface area contributed by atoms with Crippen molar-refractivity contribution in [3.8, 4) is 22.6 Å². The van der Waals surface area contributed by atoms with Gasteiger partial charge in [0.15, 0.2) is 0 Å². The molecule has 0 unspecified atom stereocenters. The predicted molar refractivity (Wildman–Crippen MR) is 139 cm³/mol. The van der Waals surface area contributed by atoms with Gasteiger partial charge in [-0.3, -0.25) is 4.79 Å². The maximum atomic E-state index is 13.0. The van der Waals surface area contributed by atoms with Crippen molar-refractivity contribution in [2.24, 2.45) is 0 Å². The summed E-state index contributed by atoms with van der Waals surface area (Å²) in [4.78, 5) is 29.5. The summed E-state index contributed by atoms with van der Waals surface area (Å²) in [6.45, 7) is 5.65. The molecule has 1 heterocycles. The maximum absolute atomic E-state index is 13.0. The second-order valence-electron chi connectivity index (χ2n) is 8.91. The minimum atomic E-state index is -1.16. The van der Waals surface area contributed by atoms with Crippen LogP contribution in [0.1, 0.15) is 27.1 Å². The number of nitrogens with one attached hydrogen (secondary N) is 1. The molecule has 3 N–H and O–H groups in total. The van der Waals surface area contributed by atoms with Gasteiger partial charge in [-0.05, 0) is 54.9 Å². The number of carboxylic acid groups (broad SMARTS) is 1. The van der Waals surface area contributed by atoms with Crippen LogP contribution in [-0.4, -0.2) is 78.3 Å². The van der Waals surface area contributed by atoms with Crippen LogP contribution in [0.5, 0.6) is 11.5 Å². The molecule has 3 aromatic carbocycles. The molecule has 36 heavy (non-hydrogen) atoms. The fourth-order valence-corrected chi connectivity index (χ4v) is 4.17. The number of benzene rings is 3. The minimum absolute atomic E-state index is 0.00743. The number of rotatable bonds is 9. The lowest BCUT2D eigenvalue weighted by atomic mass is 10.0. The zero-order valence-electron chi connectivity index (χ0n) is 20.3. The Balaban J connectivity index is 1.43. The molecular formula is C28H31N3O5. The summed E-state index contributed by atoms with van der Waals surface area (Å²) in [5, 5.41) is 22.6. The number of carbonyl (C=O) groups excluding carboxylic acids is 1. The van der Waals surface area contributed by atoms with Crippen LogP contribution >= 0.6 is 0 Å². The average molecular weight is 490 g/mol. The first-order valence-electron chi connectivity index (χ1n) is 12.0. The van der Waals surface area contributed by atoms with Gasteiger partial charge in [0.2, 0.25) is 0 Å². The highest BCUT2D eigenvalue weighted by Crippen LogP contribution is 2.28. The third-order valence-corrected chi connectivity index (χ3v) is 6.30. The standard InChI is InChI=1S/C28H31N3O5/c1-30-13-15-31(16-14-30)12-5-17-36-22-9-11-26(32)24(19-22)27(33)29-25-18-21(8-10-23(25)28(34)35)20-6-3-2-4-7-20/h2-4,6-11,18-19,32H,5,12-17H2,1H3,(H,29,33)(H,34,35). The van der Waals surface area contributed by atoms with Crippen molar-refractivity contribution in [1.29, 1.82) is 0 Å². The highest BCUT2D eigenvalue weighted by molar-refractivity contribution is 6.09. The normalized spacial score (nSPS) is 14.4. The molecule has 3 aromatic rings. The molecule has 188 valence electrons. The summed E-state index contributed by atoms with van der Waals surface area (Å²) in [6, 6.07) is 18.7. The fraction of sp³-hybridized carbons (Fsp3) is 0.286. The third-order valence-electron chi connectivity index (χ3n) is 6.30. The molecule has 0 aliphatic carbocycles. The summed E-state index contributed by atoms with van der Waals surface area (Å²) >= 11 is 0. The minimum Gasteiger partial charge on any atom is -0.507 e. The Morgan fingerprint density at radius 1 is 0.917 bits per heavy atom. The van der Waals surface area contributed by atoms with Gasteiger partial charge in [-0.15, -0.1) is 0 Å². The van der Waals surface area contributed by atoms with Crippen LogP contribution in [0.2, 0.25) is 0 Å². The van der Waals surface area contributed by atoms with Crippen molar-refractivity contribution in [3.05, 3.63) is 77.9 Å². The topological polar surface area (TPSA) is 102 Å². The molecular weight excluding hydrogens is 458 g/mol. The zero-order valence-corrected chi connectivity index (χ0v) is 20.3. The Bertz CT molecular complexity index is 1210. The number of likely N-dealkylation sites (N-methyl/N-ethyl adjacent to an activating group) is 1. The molecule has 4 rings (SSSR count). The molecule has 0 bridgehead atoms. The Labute approximate surface area is 210 Å². The molecule has 0 saturated carbocycles. The molecule has 0 radical (unpaired) electrons. The van der Waals surface area contributed by atoms with E-state index in [0.717, 1.165) is 50.3 Å². The number of nitrogens with zero attached hydrogens (tertiary/aromatic N) is 2. The van der Waals surface area contributed by atoms with Crippen molar-refractivity contribution in [2.75, 3.05) is 51.7 Å². The summed E-state index contributed by atoms with van der Waals surface area (Å²) in [5.74, 6) is -1.53. The van der Waals surface area contributed by atoms with Gasteiger partial charge in [0, 0.05) is 32.7 Å². The molecule has 0 atom stereocenters. The van der Waals surface area contributed by atoms with E-state index >= 15 is 0 Å². The number of phenols is 1. The molecule has 1 saturated heterocycles. The van der Waals surface area contributed by atoms with E-state index < -0.39 is 11.9 Å². The highest BCUT2D eigenvalue weighted by atomic mass is 16.5. The fourth-order valence-electron chi connectivity index (χ4n) is 4.17. The van der Waals surface area contributed by atoms with E-state index in [9.17, 15) is 19.8 Å². The Kier molecular flexibility index (Phi) is 8.20. The van der Waals surface area contributed by atoms with Crippen molar-refractivity contribution >= 4 is 17.6 Å². The van der Waals surface area contributed by atoms with Crippen molar-refractivity contribution in [3.63, 3.8) is 0 Å². The number of piperazine rings is 1. The van der Waals surface area contributed by atoms with Crippen LogP contribution in [0, 0.1) is 0 Å². The highest BCUT2D eigenvalue weighted by Gasteiger charge is 2.18. The van der Waals surface area contributed by atoms with E-state index in [-0.39, 0.29) is 22.6 Å². The first kappa shape index (κ1) is 25.2. The number of carbonyl (C=O) groups is 2. The summed E-state index contributed by atoms with van der Waals surface area (Å²) < 4.78 is 5.83. The van der Waals surface area contributed by atoms with Gasteiger partial charge in [-0.25, -0.2) is 4.79 Å². The third kappa shape index (κ3) is 6.41. The average Bonchev–Trinajstić information content (AvgIpc) is 2.89. The maximum Gasteiger partial charge on any atom is 0.337 e. The van der Waals surface area contributed by atoms with Crippen LogP contribution in [0.4, 0.5) is 5.69 Å². The number of aromatic hydroxyl groups is 1. The van der Waals surface area contributed by atoms with Crippen LogP contribution in [0.25, 0.3) is 11.1 Å². The quantitative estimate of drug-likeness (QED) is 0.390. The number of hydrogen-bond donors (Lipinski definition) is 3. The van der Waals surface area contributed by atoms with Crippen molar-refractivity contribution < 1.29 is 24.5 Å². The van der Waals surface area contributed by atoms with E-state index in [2.05, 4.69) is 22.2 Å². The van der Waals surface area contributed by atoms with Crippen LogP contribution in [0.15, 0.2) is 66.7 Å². The number of aromatic carboxylic acids is 1. The first-order chi connectivity index (χ1) is 17.4. The van der Waals surface area contributed by atoms with Crippen LogP contribution in [-0.2, 0) is 0 Å². The van der Waals surface area contributed by atoms with Gasteiger partial charge < -0.3 is 30.1 Å². The number of phenolic OH excluding ortho intramolecular Hbond substituents is 1. The van der Waals surface area contributed by atoms with Gasteiger partial charge in [0.05, 0.1) is 23.4 Å². The molecule has 0 spiro atoms. The van der Waals surface area contributed by atoms with E-state index in [0.29, 0.717) is 12.4 Å². The summed E-state index contributed by atoms with van der Waals surface area (Å²) in [7, 11) is 2.13. The molecule has 8 nitrogen and oxygen atoms in total. The molecule has 1 aliphatic heterocycles. The Morgan fingerprint density at radius 3 is 2.39 bits per heavy atom. The van der Waals surface area contributed by atoms with E-state index in [1.807, 2.05) is 30.3 Å². The van der Waals surface area contributed by atoms with Gasteiger partial charge in [0.25, 0.3) is 5.91 Å². The summed E-state index contributed by atoms with van der Waals surface area (Å²) in [6.07, 6.45) is 0.848. The lowest BCUT2D eigenvalue weighted by Gasteiger charge is -2.32. The van der Waals surface area contributed by atoms with Gasteiger partial charge in [-0.2, -0.15) is 0 Å². The van der Waals surface area contributed by atoms with Crippen molar-refractivity contribution in [2.45, 2.75) is 6.42 Å². The second kappa shape index (κ2) is 11.7. The lowest BCUT2D eigenvalue weighted by molar-refractivity contribution is 0.0698. The SMILES string of the molecule is CN1CCN(CCCOc2ccc(O)c(C(=O)Nc3cc(-c4ccccc4)ccc3C(=O)O)c2)CC1. The number of anilines is 1. The Morgan fingerprint density at radius 2 is 1.67 bits per heavy atom. The van der Waals surface area contributed by atoms with Gasteiger partial charge >= 0.3 is 5.97 Å². The second-order valence-corrected chi connectivity index (χ2v) is 8.91. The molecule has 1 fully saturated rings. The van der Waals surface area contributed by atoms with Crippen LogP contribution in [0.3, 0.4) is 0 Å². The number of amides is 1. The molecule has 0 aromatic heterocycles. The summed E-state index contributed by atoms with van der Waals surface area (Å²) in [5.41, 5.74) is 1.76. The van der Waals surface area contributed by atoms with E-state index in [1.165, 1.54) is 18.2 Å². The van der Waals surface area contributed by atoms with E-state index in [4.69, 9.17) is 4.74 Å². The van der Waals surface area contributed by atoms with Gasteiger partial charge in [-0.1, -0.05) is 36.4 Å². The molecule has 8 heteroatoms. The largest absolute Gasteiger partial charge is 0.507 e. The lowest BCUT2D eigenvalue weighted by Crippen LogP contribution is -2.44. The Hall–Kier alpha value is -3.88. The number of carboxylic acids is 1. The number of ether oxygens (including phenoxy) is 1. The molecule has 1 aliphatic rings. The first-order valence-corrected chi connectivity index (χ1v) is 12.0. The van der Waals surface area contributed by atoms with E-state index in [1.54, 1.807) is 18.2 Å². The smallest absolute Gasteiger partial charge is 0.337 e. The molecule has 1 amide bonds. The monoisotopic (exact) mass is 489 g/mol.